The fraction of sp³-hybridized carbons (Fsp3) is 0. The van der Waals surface area contributed by atoms with Crippen molar-refractivity contribution in [2.45, 2.75) is 0 Å². The van der Waals surface area contributed by atoms with Crippen LogP contribution in [0.5, 0.6) is 0 Å². The lowest BCUT2D eigenvalue weighted by Gasteiger charge is -2.28. The van der Waals surface area contributed by atoms with E-state index >= 15 is 0 Å². The van der Waals surface area contributed by atoms with E-state index in [0.717, 1.165) is 77.7 Å². The van der Waals surface area contributed by atoms with Crippen molar-refractivity contribution in [1.29, 1.82) is 0 Å². The van der Waals surface area contributed by atoms with Crippen LogP contribution in [0.15, 0.2) is 235 Å². The molecule has 0 aliphatic carbocycles. The van der Waals surface area contributed by atoms with Gasteiger partial charge in [-0.25, -0.2) is 0 Å². The molecule has 0 radical (unpaired) electrons. The van der Waals surface area contributed by atoms with Gasteiger partial charge in [0.15, 0.2) is 5.58 Å². The molecule has 0 atom stereocenters. The molecule has 2 heterocycles. The molecule has 0 aliphatic heterocycles. The first-order valence-electron chi connectivity index (χ1n) is 21.6. The van der Waals surface area contributed by atoms with Gasteiger partial charge in [0.1, 0.15) is 5.58 Å². The predicted molar refractivity (Wildman–Crippen MR) is 266 cm³/mol. The summed E-state index contributed by atoms with van der Waals surface area (Å²) in [5.74, 6) is 0. The number of para-hydroxylation sites is 4. The Bertz CT molecular complexity index is 3870. The van der Waals surface area contributed by atoms with E-state index in [4.69, 9.17) is 4.42 Å². The quantitative estimate of drug-likeness (QED) is 0.156. The molecule has 13 aromatic rings. The van der Waals surface area contributed by atoms with Gasteiger partial charge in [-0.15, -0.1) is 0 Å². The van der Waals surface area contributed by atoms with Gasteiger partial charge in [-0.05, 0) is 104 Å². The van der Waals surface area contributed by atoms with Crippen LogP contribution in [0.3, 0.4) is 0 Å². The molecule has 294 valence electrons. The number of anilines is 3. The third-order valence-corrected chi connectivity index (χ3v) is 13.0. The maximum absolute atomic E-state index is 7.03. The molecular formula is C60H38N2O. The molecule has 11 aromatic carbocycles. The van der Waals surface area contributed by atoms with E-state index in [1.54, 1.807) is 0 Å². The first-order valence-corrected chi connectivity index (χ1v) is 21.6. The van der Waals surface area contributed by atoms with Crippen molar-refractivity contribution in [1.82, 2.24) is 4.57 Å². The molecule has 63 heavy (non-hydrogen) atoms. The highest BCUT2D eigenvalue weighted by Gasteiger charge is 2.23. The summed E-state index contributed by atoms with van der Waals surface area (Å²) in [5.41, 5.74) is 13.0. The molecule has 3 heteroatoms. The van der Waals surface area contributed by atoms with Crippen LogP contribution in [0.1, 0.15) is 0 Å². The average Bonchev–Trinajstić information content (AvgIpc) is 3.91. The molecule has 13 rings (SSSR count). The van der Waals surface area contributed by atoms with Crippen molar-refractivity contribution in [3.63, 3.8) is 0 Å². The van der Waals surface area contributed by atoms with Crippen molar-refractivity contribution in [2.24, 2.45) is 0 Å². The first-order chi connectivity index (χ1) is 31.2. The van der Waals surface area contributed by atoms with Gasteiger partial charge >= 0.3 is 0 Å². The van der Waals surface area contributed by atoms with Crippen LogP contribution < -0.4 is 4.90 Å². The van der Waals surface area contributed by atoms with Gasteiger partial charge in [0.25, 0.3) is 0 Å². The van der Waals surface area contributed by atoms with Crippen molar-refractivity contribution < 1.29 is 4.42 Å². The Hall–Kier alpha value is -8.40. The molecule has 0 N–H and O–H groups in total. The lowest BCUT2D eigenvalue weighted by atomic mass is 9.95. The normalized spacial score (nSPS) is 11.8. The van der Waals surface area contributed by atoms with E-state index in [2.05, 4.69) is 240 Å². The number of furan rings is 1. The van der Waals surface area contributed by atoms with E-state index in [9.17, 15) is 0 Å². The standard InChI is InChI=1S/C60H38N2O/c1-3-17-47-40(13-1)27-28-42-29-30-44(38-54(42)47)48-18-5-8-23-55(48)61(58-26-12-22-52-53-36-33-41-14-2-4-19-49(41)59(53)63-60(52)58)45-34-31-39(32-35-45)43-15-11-16-46(37-43)62-56-24-9-6-20-50(56)51-21-7-10-25-57(51)62/h1-38H. The topological polar surface area (TPSA) is 21.3 Å². The highest BCUT2D eigenvalue weighted by Crippen LogP contribution is 2.47. The molecule has 0 fully saturated rings. The molecule has 0 bridgehead atoms. The highest BCUT2D eigenvalue weighted by molar-refractivity contribution is 6.18. The minimum absolute atomic E-state index is 0.853. The maximum atomic E-state index is 7.03. The van der Waals surface area contributed by atoms with Crippen molar-refractivity contribution in [3.8, 4) is 27.9 Å². The number of benzene rings is 11. The van der Waals surface area contributed by atoms with Crippen molar-refractivity contribution >= 4 is 93.1 Å². The number of hydrogen-bond donors (Lipinski definition) is 0. The molecule has 0 spiro atoms. The summed E-state index contributed by atoms with van der Waals surface area (Å²) in [7, 11) is 0. The first kappa shape index (κ1) is 35.4. The molecular weight excluding hydrogens is 765 g/mol. The molecule has 0 saturated heterocycles. The van der Waals surface area contributed by atoms with Gasteiger partial charge < -0.3 is 13.9 Å². The fourth-order valence-electron chi connectivity index (χ4n) is 10.0. The van der Waals surface area contributed by atoms with Gasteiger partial charge in [-0.1, -0.05) is 170 Å². The lowest BCUT2D eigenvalue weighted by molar-refractivity contribution is 0.673. The second kappa shape index (κ2) is 14.1. The van der Waals surface area contributed by atoms with Gasteiger partial charge in [-0.3, -0.25) is 0 Å². The Morgan fingerprint density at radius 1 is 0.317 bits per heavy atom. The molecule has 0 amide bonds. The largest absolute Gasteiger partial charge is 0.453 e. The highest BCUT2D eigenvalue weighted by atomic mass is 16.3. The van der Waals surface area contributed by atoms with Gasteiger partial charge in [0.05, 0.1) is 22.4 Å². The van der Waals surface area contributed by atoms with Crippen LogP contribution in [0.2, 0.25) is 0 Å². The minimum atomic E-state index is 0.853. The summed E-state index contributed by atoms with van der Waals surface area (Å²) in [6, 6.07) is 83.5. The second-order valence-electron chi connectivity index (χ2n) is 16.5. The third-order valence-electron chi connectivity index (χ3n) is 13.0. The summed E-state index contributed by atoms with van der Waals surface area (Å²) in [4.78, 5) is 2.38. The van der Waals surface area contributed by atoms with Gasteiger partial charge in [-0.2, -0.15) is 0 Å². The van der Waals surface area contributed by atoms with E-state index < -0.39 is 0 Å². The lowest BCUT2D eigenvalue weighted by Crippen LogP contribution is -2.11. The van der Waals surface area contributed by atoms with Crippen LogP contribution >= 0.6 is 0 Å². The zero-order valence-electron chi connectivity index (χ0n) is 34.2. The fourth-order valence-corrected chi connectivity index (χ4v) is 10.0. The summed E-state index contributed by atoms with van der Waals surface area (Å²) in [6.07, 6.45) is 0. The number of nitrogens with zero attached hydrogens (tertiary/aromatic N) is 2. The van der Waals surface area contributed by atoms with E-state index in [1.807, 2.05) is 0 Å². The zero-order chi connectivity index (χ0) is 41.4. The molecule has 2 aromatic heterocycles. The van der Waals surface area contributed by atoms with Crippen molar-refractivity contribution in [2.75, 3.05) is 4.90 Å². The number of hydrogen-bond acceptors (Lipinski definition) is 2. The Morgan fingerprint density at radius 3 is 1.67 bits per heavy atom. The average molecular weight is 803 g/mol. The Kier molecular flexibility index (Phi) is 7.91. The Labute approximate surface area is 363 Å². The zero-order valence-corrected chi connectivity index (χ0v) is 34.2. The van der Waals surface area contributed by atoms with Crippen LogP contribution in [-0.2, 0) is 0 Å². The van der Waals surface area contributed by atoms with E-state index in [0.29, 0.717) is 0 Å². The van der Waals surface area contributed by atoms with E-state index in [-0.39, 0.29) is 0 Å². The van der Waals surface area contributed by atoms with Crippen LogP contribution in [0.25, 0.3) is 104 Å². The van der Waals surface area contributed by atoms with Gasteiger partial charge in [0, 0.05) is 43.9 Å². The van der Waals surface area contributed by atoms with Crippen LogP contribution in [0, 0.1) is 0 Å². The van der Waals surface area contributed by atoms with Crippen LogP contribution in [0.4, 0.5) is 17.1 Å². The summed E-state index contributed by atoms with van der Waals surface area (Å²) in [6.45, 7) is 0. The smallest absolute Gasteiger partial charge is 0.159 e. The second-order valence-corrected chi connectivity index (χ2v) is 16.5. The molecule has 0 saturated carbocycles. The summed E-state index contributed by atoms with van der Waals surface area (Å²) < 4.78 is 9.41. The Morgan fingerprint density at radius 2 is 0.873 bits per heavy atom. The molecule has 0 aliphatic rings. The summed E-state index contributed by atoms with van der Waals surface area (Å²) >= 11 is 0. The predicted octanol–water partition coefficient (Wildman–Crippen LogP) is 16.9. The monoisotopic (exact) mass is 802 g/mol. The number of rotatable bonds is 6. The third kappa shape index (κ3) is 5.60. The van der Waals surface area contributed by atoms with E-state index in [1.165, 1.54) is 43.4 Å². The van der Waals surface area contributed by atoms with Crippen molar-refractivity contribution in [3.05, 3.63) is 231 Å². The molecule has 3 nitrogen and oxygen atoms in total. The molecule has 0 unspecified atom stereocenters. The van der Waals surface area contributed by atoms with Crippen LogP contribution in [-0.4, -0.2) is 4.57 Å². The minimum Gasteiger partial charge on any atom is -0.453 e. The summed E-state index contributed by atoms with van der Waals surface area (Å²) in [5, 5.41) is 11.9. The SMILES string of the molecule is c1cc(-c2ccc(N(c3ccccc3-c3ccc4ccc5ccccc5c4c3)c3cccc4c3oc3c5ccccc5ccc43)cc2)cc(-n2c3ccccc3c3ccccc32)c1. The Balaban J connectivity index is 0.993. The number of fused-ring (bicyclic) bond motifs is 11. The van der Waals surface area contributed by atoms with Gasteiger partial charge in [0.2, 0.25) is 0 Å². The maximum Gasteiger partial charge on any atom is 0.159 e. The number of aromatic nitrogens is 1.